The van der Waals surface area contributed by atoms with E-state index in [2.05, 4.69) is 10.2 Å². The van der Waals surface area contributed by atoms with Gasteiger partial charge in [-0.25, -0.2) is 0 Å². The van der Waals surface area contributed by atoms with Gasteiger partial charge < -0.3 is 10.2 Å². The molecule has 1 amide bonds. The van der Waals surface area contributed by atoms with Crippen LogP contribution in [-0.4, -0.2) is 30.8 Å². The van der Waals surface area contributed by atoms with Crippen molar-refractivity contribution in [2.45, 2.75) is 6.92 Å². The van der Waals surface area contributed by atoms with Crippen LogP contribution in [0, 0.1) is 0 Å². The quantitative estimate of drug-likeness (QED) is 0.809. The lowest BCUT2D eigenvalue weighted by Crippen LogP contribution is -2.27. The Balaban J connectivity index is 2.72. The number of alkyl halides is 2. The van der Waals surface area contributed by atoms with Gasteiger partial charge in [-0.1, -0.05) is 0 Å². The molecule has 1 aromatic rings. The van der Waals surface area contributed by atoms with Gasteiger partial charge in [0, 0.05) is 43.1 Å². The monoisotopic (exact) mass is 274 g/mol. The minimum absolute atomic E-state index is 0.0730. The largest absolute Gasteiger partial charge is 0.369 e. The first kappa shape index (κ1) is 14.1. The molecule has 0 saturated heterocycles. The number of carbonyl (C=O) groups is 1. The number of amides is 1. The smallest absolute Gasteiger partial charge is 0.221 e. The van der Waals surface area contributed by atoms with Crippen LogP contribution in [0.3, 0.4) is 0 Å². The number of benzene rings is 1. The van der Waals surface area contributed by atoms with Gasteiger partial charge >= 0.3 is 0 Å². The van der Waals surface area contributed by atoms with Gasteiger partial charge in [0.25, 0.3) is 0 Å². The van der Waals surface area contributed by atoms with Crippen molar-refractivity contribution in [2.24, 2.45) is 0 Å². The van der Waals surface area contributed by atoms with Gasteiger partial charge in [0.05, 0.1) is 0 Å². The minimum Gasteiger partial charge on any atom is -0.369 e. The van der Waals surface area contributed by atoms with Crippen LogP contribution in [0.25, 0.3) is 0 Å². The molecule has 1 N–H and O–H groups in total. The molecule has 0 aliphatic rings. The predicted molar refractivity (Wildman–Crippen MR) is 74.4 cm³/mol. The summed E-state index contributed by atoms with van der Waals surface area (Å²) in [6.07, 6.45) is 0. The summed E-state index contributed by atoms with van der Waals surface area (Å²) < 4.78 is 0. The fourth-order valence-electron chi connectivity index (χ4n) is 1.53. The van der Waals surface area contributed by atoms with Gasteiger partial charge in [-0.05, 0) is 24.3 Å². The summed E-state index contributed by atoms with van der Waals surface area (Å²) in [5.41, 5.74) is 1.85. The average molecular weight is 275 g/mol. The summed E-state index contributed by atoms with van der Waals surface area (Å²) in [5, 5.41) is 2.73. The van der Waals surface area contributed by atoms with E-state index in [1.165, 1.54) is 6.92 Å². The van der Waals surface area contributed by atoms with Crippen molar-refractivity contribution in [3.05, 3.63) is 24.3 Å². The van der Waals surface area contributed by atoms with Crippen LogP contribution in [0.15, 0.2) is 24.3 Å². The standard InChI is InChI=1S/C12H16Cl2N2O/c1-10(17)15-11-2-4-12(5-3-11)16(8-6-13)9-7-14/h2-5H,6-9H2,1H3,(H,15,17). The molecule has 1 rings (SSSR count). The second-order valence-corrected chi connectivity index (χ2v) is 4.35. The molecule has 17 heavy (non-hydrogen) atoms. The maximum atomic E-state index is 10.9. The zero-order chi connectivity index (χ0) is 12.7. The first-order valence-electron chi connectivity index (χ1n) is 5.42. The Hall–Kier alpha value is -0.930. The number of hydrogen-bond acceptors (Lipinski definition) is 2. The van der Waals surface area contributed by atoms with E-state index in [4.69, 9.17) is 23.2 Å². The molecular formula is C12H16Cl2N2O. The summed E-state index contributed by atoms with van der Waals surface area (Å²) in [6, 6.07) is 7.63. The highest BCUT2D eigenvalue weighted by molar-refractivity contribution is 6.18. The van der Waals surface area contributed by atoms with Gasteiger partial charge in [-0.2, -0.15) is 0 Å². The van der Waals surface area contributed by atoms with E-state index < -0.39 is 0 Å². The van der Waals surface area contributed by atoms with Crippen LogP contribution >= 0.6 is 23.2 Å². The van der Waals surface area contributed by atoms with Gasteiger partial charge in [-0.15, -0.1) is 23.2 Å². The van der Waals surface area contributed by atoms with Crippen molar-refractivity contribution < 1.29 is 4.79 Å². The van der Waals surface area contributed by atoms with Gasteiger partial charge in [0.1, 0.15) is 0 Å². The van der Waals surface area contributed by atoms with E-state index in [-0.39, 0.29) is 5.91 Å². The van der Waals surface area contributed by atoms with E-state index >= 15 is 0 Å². The Bertz CT molecular complexity index is 348. The van der Waals surface area contributed by atoms with Crippen molar-refractivity contribution in [1.82, 2.24) is 0 Å². The maximum absolute atomic E-state index is 10.9. The van der Waals surface area contributed by atoms with E-state index in [0.717, 1.165) is 24.5 Å². The molecule has 0 aliphatic heterocycles. The highest BCUT2D eigenvalue weighted by atomic mass is 35.5. The molecule has 94 valence electrons. The summed E-state index contributed by atoms with van der Waals surface area (Å²) >= 11 is 11.5. The number of nitrogens with one attached hydrogen (secondary N) is 1. The molecule has 0 bridgehead atoms. The second kappa shape index (κ2) is 7.41. The van der Waals surface area contributed by atoms with Gasteiger partial charge in [-0.3, -0.25) is 4.79 Å². The molecule has 0 unspecified atom stereocenters. The van der Waals surface area contributed by atoms with Crippen LogP contribution in [0.2, 0.25) is 0 Å². The molecular weight excluding hydrogens is 259 g/mol. The van der Waals surface area contributed by atoms with E-state index in [1.54, 1.807) is 0 Å². The first-order chi connectivity index (χ1) is 8.17. The molecule has 0 spiro atoms. The fraction of sp³-hybridized carbons (Fsp3) is 0.417. The van der Waals surface area contributed by atoms with Gasteiger partial charge in [0.2, 0.25) is 5.91 Å². The van der Waals surface area contributed by atoms with E-state index in [0.29, 0.717) is 11.8 Å². The zero-order valence-corrected chi connectivity index (χ0v) is 11.3. The van der Waals surface area contributed by atoms with Crippen molar-refractivity contribution in [2.75, 3.05) is 35.1 Å². The summed E-state index contributed by atoms with van der Waals surface area (Å²) in [4.78, 5) is 13.0. The third-order valence-electron chi connectivity index (χ3n) is 2.26. The van der Waals surface area contributed by atoms with Crippen LogP contribution in [-0.2, 0) is 4.79 Å². The Morgan fingerprint density at radius 1 is 1.18 bits per heavy atom. The number of halogens is 2. The SMILES string of the molecule is CC(=O)Nc1ccc(N(CCCl)CCCl)cc1. The number of hydrogen-bond donors (Lipinski definition) is 1. The Kier molecular flexibility index (Phi) is 6.16. The fourth-order valence-corrected chi connectivity index (χ4v) is 1.94. The Morgan fingerprint density at radius 2 is 1.71 bits per heavy atom. The molecule has 0 saturated carbocycles. The lowest BCUT2D eigenvalue weighted by Gasteiger charge is -2.23. The molecule has 0 fully saturated rings. The molecule has 0 radical (unpaired) electrons. The maximum Gasteiger partial charge on any atom is 0.221 e. The molecule has 5 heteroatoms. The van der Waals surface area contributed by atoms with Crippen molar-refractivity contribution in [1.29, 1.82) is 0 Å². The Labute approximate surface area is 112 Å². The van der Waals surface area contributed by atoms with Crippen molar-refractivity contribution in [3.8, 4) is 0 Å². The molecule has 0 atom stereocenters. The molecule has 1 aromatic carbocycles. The van der Waals surface area contributed by atoms with E-state index in [1.807, 2.05) is 24.3 Å². The number of nitrogens with zero attached hydrogens (tertiary/aromatic N) is 1. The highest BCUT2D eigenvalue weighted by Gasteiger charge is 2.05. The summed E-state index contributed by atoms with van der Waals surface area (Å²) in [7, 11) is 0. The van der Waals surface area contributed by atoms with E-state index in [9.17, 15) is 4.79 Å². The van der Waals surface area contributed by atoms with Crippen LogP contribution < -0.4 is 10.2 Å². The van der Waals surface area contributed by atoms with Crippen LogP contribution in [0.5, 0.6) is 0 Å². The summed E-state index contributed by atoms with van der Waals surface area (Å²) in [5.74, 6) is 1.05. The second-order valence-electron chi connectivity index (χ2n) is 3.59. The Morgan fingerprint density at radius 3 is 2.12 bits per heavy atom. The molecule has 0 aromatic heterocycles. The normalized spacial score (nSPS) is 10.1. The lowest BCUT2D eigenvalue weighted by molar-refractivity contribution is -0.114. The van der Waals surface area contributed by atoms with Crippen LogP contribution in [0.1, 0.15) is 6.92 Å². The van der Waals surface area contributed by atoms with Crippen molar-refractivity contribution in [3.63, 3.8) is 0 Å². The highest BCUT2D eigenvalue weighted by Crippen LogP contribution is 2.18. The number of anilines is 2. The molecule has 0 heterocycles. The average Bonchev–Trinajstić information content (AvgIpc) is 2.29. The molecule has 3 nitrogen and oxygen atoms in total. The predicted octanol–water partition coefficient (Wildman–Crippen LogP) is 2.93. The lowest BCUT2D eigenvalue weighted by atomic mass is 10.2. The first-order valence-corrected chi connectivity index (χ1v) is 6.49. The van der Waals surface area contributed by atoms with Crippen LogP contribution in [0.4, 0.5) is 11.4 Å². The number of rotatable bonds is 6. The van der Waals surface area contributed by atoms with Crippen molar-refractivity contribution >= 4 is 40.5 Å². The topological polar surface area (TPSA) is 32.3 Å². The molecule has 0 aliphatic carbocycles. The van der Waals surface area contributed by atoms with Gasteiger partial charge in [0.15, 0.2) is 0 Å². The minimum atomic E-state index is -0.0730. The zero-order valence-electron chi connectivity index (χ0n) is 9.75. The third kappa shape index (κ3) is 4.84. The third-order valence-corrected chi connectivity index (χ3v) is 2.60. The summed E-state index contributed by atoms with van der Waals surface area (Å²) in [6.45, 7) is 3.00. The number of carbonyl (C=O) groups excluding carboxylic acids is 1.